The van der Waals surface area contributed by atoms with Gasteiger partial charge in [-0.15, -0.1) is 5.10 Å². The van der Waals surface area contributed by atoms with Crippen molar-refractivity contribution in [3.63, 3.8) is 0 Å². The number of carboxylic acid groups (broad SMARTS) is 1. The topological polar surface area (TPSA) is 110 Å². The predicted molar refractivity (Wildman–Crippen MR) is 43.2 cm³/mol. The van der Waals surface area contributed by atoms with Crippen LogP contribution in [0, 0.1) is 0 Å². The molecule has 0 saturated carbocycles. The Hall–Kier alpha value is -1.99. The van der Waals surface area contributed by atoms with E-state index in [0.717, 1.165) is 4.68 Å². The van der Waals surface area contributed by atoms with Gasteiger partial charge in [-0.3, -0.25) is 9.59 Å². The number of amides is 1. The Labute approximate surface area is 78.9 Å². The average Bonchev–Trinajstić information content (AvgIpc) is 2.52. The maximum atomic E-state index is 10.9. The molecule has 0 radical (unpaired) electrons. The molecule has 0 fully saturated rings. The molecule has 8 heteroatoms. The van der Waals surface area contributed by atoms with Gasteiger partial charge in [-0.1, -0.05) is 0 Å². The number of aromatic nitrogens is 4. The van der Waals surface area contributed by atoms with Crippen LogP contribution in [0.4, 0.5) is 0 Å². The first-order valence-corrected chi connectivity index (χ1v) is 3.81. The quantitative estimate of drug-likeness (QED) is 0.583. The van der Waals surface area contributed by atoms with Crippen molar-refractivity contribution in [3.05, 3.63) is 5.82 Å². The summed E-state index contributed by atoms with van der Waals surface area (Å²) in [6, 6.07) is 0. The molecule has 0 bridgehead atoms. The molecule has 0 atom stereocenters. The maximum absolute atomic E-state index is 10.9. The SMILES string of the molecule is CNC(=O)Cn1nnnc1CC(=O)O. The highest BCUT2D eigenvalue weighted by atomic mass is 16.4. The van der Waals surface area contributed by atoms with Gasteiger partial charge in [0.05, 0.1) is 0 Å². The Morgan fingerprint density at radius 2 is 2.29 bits per heavy atom. The van der Waals surface area contributed by atoms with Gasteiger partial charge in [0.1, 0.15) is 13.0 Å². The third kappa shape index (κ3) is 2.51. The van der Waals surface area contributed by atoms with Crippen molar-refractivity contribution < 1.29 is 14.7 Å². The highest BCUT2D eigenvalue weighted by Crippen LogP contribution is 1.93. The van der Waals surface area contributed by atoms with E-state index in [1.54, 1.807) is 0 Å². The molecule has 1 aromatic rings. The number of tetrazole rings is 1. The minimum absolute atomic E-state index is 0.0773. The first-order valence-electron chi connectivity index (χ1n) is 3.81. The number of hydrogen-bond donors (Lipinski definition) is 2. The third-order valence-electron chi connectivity index (χ3n) is 1.49. The molecule has 0 aliphatic rings. The minimum Gasteiger partial charge on any atom is -0.481 e. The fraction of sp³-hybridized carbons (Fsp3) is 0.500. The van der Waals surface area contributed by atoms with Crippen molar-refractivity contribution in [1.82, 2.24) is 25.5 Å². The Bertz CT molecular complexity index is 347. The molecule has 1 rings (SSSR count). The molecule has 0 saturated heterocycles. The number of hydrogen-bond acceptors (Lipinski definition) is 5. The molecule has 1 aromatic heterocycles. The molecule has 8 nitrogen and oxygen atoms in total. The molecule has 14 heavy (non-hydrogen) atoms. The lowest BCUT2D eigenvalue weighted by Gasteiger charge is -2.00. The fourth-order valence-corrected chi connectivity index (χ4v) is 0.823. The summed E-state index contributed by atoms with van der Waals surface area (Å²) in [6.07, 6.45) is -0.302. The lowest BCUT2D eigenvalue weighted by molar-refractivity contribution is -0.136. The van der Waals surface area contributed by atoms with Crippen LogP contribution >= 0.6 is 0 Å². The standard InChI is InChI=1S/C6H9N5O3/c1-7-5(12)3-11-4(2-6(13)14)8-9-10-11/h2-3H2,1H3,(H,7,12)(H,13,14). The fourth-order valence-electron chi connectivity index (χ4n) is 0.823. The Morgan fingerprint density at radius 3 is 2.86 bits per heavy atom. The monoisotopic (exact) mass is 199 g/mol. The van der Waals surface area contributed by atoms with Crippen molar-refractivity contribution in [3.8, 4) is 0 Å². The van der Waals surface area contributed by atoms with Crippen LogP contribution in [-0.4, -0.2) is 44.2 Å². The number of nitrogens with zero attached hydrogens (tertiary/aromatic N) is 4. The second-order valence-corrected chi connectivity index (χ2v) is 2.50. The van der Waals surface area contributed by atoms with Crippen molar-refractivity contribution in [2.45, 2.75) is 13.0 Å². The van der Waals surface area contributed by atoms with Crippen LogP contribution in [0.15, 0.2) is 0 Å². The second-order valence-electron chi connectivity index (χ2n) is 2.50. The summed E-state index contributed by atoms with van der Waals surface area (Å²) < 4.78 is 1.15. The van der Waals surface area contributed by atoms with Crippen LogP contribution in [-0.2, 0) is 22.6 Å². The van der Waals surface area contributed by atoms with Crippen LogP contribution in [0.5, 0.6) is 0 Å². The van der Waals surface area contributed by atoms with Crippen LogP contribution in [0.2, 0.25) is 0 Å². The van der Waals surface area contributed by atoms with Crippen LogP contribution in [0.1, 0.15) is 5.82 Å². The number of aliphatic carboxylic acids is 1. The summed E-state index contributed by atoms with van der Waals surface area (Å²) in [5.74, 6) is -1.18. The van der Waals surface area contributed by atoms with Crippen LogP contribution in [0.3, 0.4) is 0 Å². The molecule has 0 aliphatic carbocycles. The highest BCUT2D eigenvalue weighted by Gasteiger charge is 2.12. The molecular weight excluding hydrogens is 190 g/mol. The van der Waals surface area contributed by atoms with Gasteiger partial charge in [0.15, 0.2) is 5.82 Å². The van der Waals surface area contributed by atoms with Gasteiger partial charge in [0.2, 0.25) is 5.91 Å². The van der Waals surface area contributed by atoms with Crippen molar-refractivity contribution >= 4 is 11.9 Å². The van der Waals surface area contributed by atoms with E-state index in [9.17, 15) is 9.59 Å². The zero-order valence-electron chi connectivity index (χ0n) is 7.47. The van der Waals surface area contributed by atoms with Gasteiger partial charge in [0.25, 0.3) is 0 Å². The second kappa shape index (κ2) is 4.30. The number of carbonyl (C=O) groups is 2. The number of carboxylic acids is 1. The van der Waals surface area contributed by atoms with E-state index in [2.05, 4.69) is 20.8 Å². The summed E-state index contributed by atoms with van der Waals surface area (Å²) in [4.78, 5) is 21.3. The largest absolute Gasteiger partial charge is 0.481 e. The Balaban J connectivity index is 2.72. The number of rotatable bonds is 4. The van der Waals surface area contributed by atoms with E-state index in [-0.39, 0.29) is 24.7 Å². The lowest BCUT2D eigenvalue weighted by atomic mass is 10.4. The van der Waals surface area contributed by atoms with E-state index in [1.807, 2.05) is 0 Å². The average molecular weight is 199 g/mol. The zero-order chi connectivity index (χ0) is 10.6. The van der Waals surface area contributed by atoms with E-state index in [4.69, 9.17) is 5.11 Å². The van der Waals surface area contributed by atoms with E-state index in [0.29, 0.717) is 0 Å². The number of nitrogens with one attached hydrogen (secondary N) is 1. The molecular formula is C6H9N5O3. The van der Waals surface area contributed by atoms with Gasteiger partial charge in [0, 0.05) is 7.05 Å². The minimum atomic E-state index is -1.04. The smallest absolute Gasteiger partial charge is 0.311 e. The van der Waals surface area contributed by atoms with Crippen molar-refractivity contribution in [2.75, 3.05) is 7.05 Å². The summed E-state index contributed by atoms with van der Waals surface area (Å²) in [6.45, 7) is -0.0773. The molecule has 2 N–H and O–H groups in total. The molecule has 76 valence electrons. The van der Waals surface area contributed by atoms with Gasteiger partial charge in [-0.05, 0) is 10.4 Å². The van der Waals surface area contributed by atoms with E-state index in [1.165, 1.54) is 7.05 Å². The van der Waals surface area contributed by atoms with E-state index < -0.39 is 5.97 Å². The van der Waals surface area contributed by atoms with Crippen molar-refractivity contribution in [2.24, 2.45) is 0 Å². The van der Waals surface area contributed by atoms with Crippen LogP contribution < -0.4 is 5.32 Å². The Kier molecular flexibility index (Phi) is 3.10. The molecule has 0 unspecified atom stereocenters. The summed E-state index contributed by atoms with van der Waals surface area (Å²) >= 11 is 0. The predicted octanol–water partition coefficient (Wildman–Crippen LogP) is -1.95. The highest BCUT2D eigenvalue weighted by molar-refractivity contribution is 5.75. The first-order chi connectivity index (χ1) is 6.63. The normalized spacial score (nSPS) is 9.79. The summed E-state index contributed by atoms with van der Waals surface area (Å²) in [7, 11) is 1.48. The molecule has 0 aliphatic heterocycles. The zero-order valence-corrected chi connectivity index (χ0v) is 7.47. The molecule has 1 amide bonds. The van der Waals surface area contributed by atoms with Gasteiger partial charge in [-0.2, -0.15) is 0 Å². The Morgan fingerprint density at radius 1 is 1.57 bits per heavy atom. The molecule has 0 aromatic carbocycles. The summed E-state index contributed by atoms with van der Waals surface area (Å²) in [5.41, 5.74) is 0. The summed E-state index contributed by atoms with van der Waals surface area (Å²) in [5, 5.41) is 21.1. The van der Waals surface area contributed by atoms with Gasteiger partial charge < -0.3 is 10.4 Å². The van der Waals surface area contributed by atoms with Crippen molar-refractivity contribution in [1.29, 1.82) is 0 Å². The van der Waals surface area contributed by atoms with Gasteiger partial charge in [-0.25, -0.2) is 4.68 Å². The number of likely N-dealkylation sites (N-methyl/N-ethyl adjacent to an activating group) is 1. The molecule has 1 heterocycles. The lowest BCUT2D eigenvalue weighted by Crippen LogP contribution is -2.25. The van der Waals surface area contributed by atoms with Gasteiger partial charge >= 0.3 is 5.97 Å². The maximum Gasteiger partial charge on any atom is 0.311 e. The van der Waals surface area contributed by atoms with Crippen LogP contribution in [0.25, 0.3) is 0 Å². The number of carbonyl (C=O) groups excluding carboxylic acids is 1. The van der Waals surface area contributed by atoms with E-state index >= 15 is 0 Å². The third-order valence-corrected chi connectivity index (χ3v) is 1.49. The first kappa shape index (κ1) is 10.1. The molecule has 0 spiro atoms.